The molecule has 3 rings (SSSR count). The standard InChI is InChI=1S/C20H18N2O.2ClH.Fe/c1-15-3-7-17(8-4-15)21-13-19-11-12-20(23-19)14-22-18-9-5-16(2)6-10-18;;;/h3-14H,1-2H3;2*1H;/q;;;+2/p-2. The summed E-state index contributed by atoms with van der Waals surface area (Å²) in [4.78, 5) is 8.79. The maximum absolute atomic E-state index is 5.68. The van der Waals surface area contributed by atoms with Crippen molar-refractivity contribution in [3.8, 4) is 0 Å². The monoisotopic (exact) mass is 428 g/mol. The number of furan rings is 1. The van der Waals surface area contributed by atoms with E-state index in [1.807, 2.05) is 60.7 Å². The predicted molar refractivity (Wildman–Crippen MR) is 107 cm³/mol. The van der Waals surface area contributed by atoms with Crippen molar-refractivity contribution in [1.82, 2.24) is 0 Å². The van der Waals surface area contributed by atoms with Crippen LogP contribution in [0.5, 0.6) is 0 Å². The average molecular weight is 429 g/mol. The molecule has 0 aliphatic heterocycles. The first kappa shape index (κ1) is 20.5. The molecule has 0 atom stereocenters. The quantitative estimate of drug-likeness (QED) is 0.333. The van der Waals surface area contributed by atoms with E-state index in [0.717, 1.165) is 11.4 Å². The third-order valence-corrected chi connectivity index (χ3v) is 3.40. The normalized spacial score (nSPS) is 11.1. The Morgan fingerprint density at radius 3 is 1.38 bits per heavy atom. The van der Waals surface area contributed by atoms with Gasteiger partial charge < -0.3 is 4.42 Å². The van der Waals surface area contributed by atoms with Gasteiger partial charge in [-0.2, -0.15) is 0 Å². The molecule has 0 aliphatic carbocycles. The van der Waals surface area contributed by atoms with Crippen molar-refractivity contribution >= 4 is 44.0 Å². The van der Waals surface area contributed by atoms with Gasteiger partial charge in [-0.1, -0.05) is 35.4 Å². The summed E-state index contributed by atoms with van der Waals surface area (Å²) in [6.07, 6.45) is 3.43. The molecule has 1 heterocycles. The Labute approximate surface area is 168 Å². The molecule has 0 aliphatic rings. The molecule has 0 saturated carbocycles. The average Bonchev–Trinajstić information content (AvgIpc) is 3.09. The fourth-order valence-electron chi connectivity index (χ4n) is 2.05. The van der Waals surface area contributed by atoms with Crippen LogP contribution < -0.4 is 0 Å². The van der Waals surface area contributed by atoms with Gasteiger partial charge in [-0.25, -0.2) is 0 Å². The molecule has 0 radical (unpaired) electrons. The van der Waals surface area contributed by atoms with Crippen LogP contribution in [-0.4, -0.2) is 12.4 Å². The molecule has 0 saturated heterocycles. The SMILES string of the molecule is Cc1ccc(N=Cc2ccc(C=Nc3ccc(C)cc3)o2)cc1.[Cl][Fe][Cl]. The van der Waals surface area contributed by atoms with Crippen molar-refractivity contribution in [2.75, 3.05) is 0 Å². The van der Waals surface area contributed by atoms with E-state index in [2.05, 4.69) is 23.8 Å². The van der Waals surface area contributed by atoms with Crippen molar-refractivity contribution < 1.29 is 17.6 Å². The predicted octanol–water partition coefficient (Wildman–Crippen LogP) is 6.77. The first-order valence-electron chi connectivity index (χ1n) is 7.77. The van der Waals surface area contributed by atoms with Crippen LogP contribution in [0.4, 0.5) is 11.4 Å². The Kier molecular flexibility index (Phi) is 8.66. The minimum absolute atomic E-state index is 0.194. The summed E-state index contributed by atoms with van der Waals surface area (Å²) in [6.45, 7) is 4.11. The van der Waals surface area contributed by atoms with Gasteiger partial charge in [-0.3, -0.25) is 9.98 Å². The number of benzene rings is 2. The summed E-state index contributed by atoms with van der Waals surface area (Å²) >= 11 is 0.194. The van der Waals surface area contributed by atoms with Crippen molar-refractivity contribution in [3.63, 3.8) is 0 Å². The third-order valence-electron chi connectivity index (χ3n) is 3.40. The van der Waals surface area contributed by atoms with Gasteiger partial charge in [0, 0.05) is 0 Å². The van der Waals surface area contributed by atoms with Crippen molar-refractivity contribution in [2.45, 2.75) is 13.8 Å². The topological polar surface area (TPSA) is 37.9 Å². The van der Waals surface area contributed by atoms with Crippen molar-refractivity contribution in [2.24, 2.45) is 9.98 Å². The van der Waals surface area contributed by atoms with Crippen LogP contribution in [0.25, 0.3) is 0 Å². The molecule has 3 nitrogen and oxygen atoms in total. The Hall–Kier alpha value is -1.84. The van der Waals surface area contributed by atoms with Gasteiger partial charge in [0.1, 0.15) is 11.5 Å². The molecule has 136 valence electrons. The number of hydrogen-bond acceptors (Lipinski definition) is 3. The van der Waals surface area contributed by atoms with Crippen LogP contribution in [0.1, 0.15) is 22.6 Å². The zero-order chi connectivity index (χ0) is 18.8. The molecule has 6 heteroatoms. The molecule has 3 aromatic rings. The number of hydrogen-bond donors (Lipinski definition) is 0. The van der Waals surface area contributed by atoms with E-state index in [4.69, 9.17) is 24.6 Å². The molecule has 0 amide bonds. The van der Waals surface area contributed by atoms with Gasteiger partial charge in [-0.15, -0.1) is 0 Å². The number of nitrogens with zero attached hydrogens (tertiary/aromatic N) is 2. The van der Waals surface area contributed by atoms with E-state index in [0.29, 0.717) is 11.5 Å². The summed E-state index contributed by atoms with van der Waals surface area (Å²) in [5, 5.41) is 0. The fraction of sp³-hybridized carbons (Fsp3) is 0.100. The molecular formula is C20H18Cl2FeN2O. The zero-order valence-corrected chi connectivity index (χ0v) is 17.0. The molecule has 0 N–H and O–H groups in total. The van der Waals surface area contributed by atoms with Crippen molar-refractivity contribution in [1.29, 1.82) is 0 Å². The molecule has 0 unspecified atom stereocenters. The second-order valence-electron chi connectivity index (χ2n) is 5.48. The van der Waals surface area contributed by atoms with E-state index in [9.17, 15) is 0 Å². The number of aryl methyl sites for hydroxylation is 2. The van der Waals surface area contributed by atoms with Gasteiger partial charge in [0.05, 0.1) is 23.8 Å². The summed E-state index contributed by atoms with van der Waals surface area (Å²) in [7, 11) is 9.53. The van der Waals surface area contributed by atoms with Crippen LogP contribution in [-0.2, 0) is 13.1 Å². The van der Waals surface area contributed by atoms with Crippen LogP contribution >= 0.6 is 20.2 Å². The molecule has 1 aromatic heterocycles. The summed E-state index contributed by atoms with van der Waals surface area (Å²) in [5.41, 5.74) is 4.25. The van der Waals surface area contributed by atoms with E-state index in [1.54, 1.807) is 12.4 Å². The van der Waals surface area contributed by atoms with E-state index in [1.165, 1.54) is 11.1 Å². The molecule has 26 heavy (non-hydrogen) atoms. The first-order chi connectivity index (χ1) is 12.6. The number of halogens is 2. The van der Waals surface area contributed by atoms with Crippen LogP contribution in [0.2, 0.25) is 0 Å². The maximum atomic E-state index is 5.68. The Balaban J connectivity index is 0.000000758. The second kappa shape index (κ2) is 11.0. The van der Waals surface area contributed by atoms with E-state index >= 15 is 0 Å². The van der Waals surface area contributed by atoms with Gasteiger partial charge in [0.2, 0.25) is 0 Å². The first-order valence-corrected chi connectivity index (χ1v) is 10.8. The van der Waals surface area contributed by atoms with Gasteiger partial charge >= 0.3 is 33.3 Å². The Morgan fingerprint density at radius 1 is 0.692 bits per heavy atom. The Morgan fingerprint density at radius 2 is 1.04 bits per heavy atom. The Bertz CT molecular complexity index is 786. The van der Waals surface area contributed by atoms with Crippen LogP contribution in [0, 0.1) is 13.8 Å². The second-order valence-corrected chi connectivity index (χ2v) is 7.30. The molecule has 2 aromatic carbocycles. The summed E-state index contributed by atoms with van der Waals surface area (Å²) in [6, 6.07) is 19.8. The van der Waals surface area contributed by atoms with Gasteiger partial charge in [0.25, 0.3) is 0 Å². The fourth-order valence-corrected chi connectivity index (χ4v) is 2.05. The van der Waals surface area contributed by atoms with E-state index in [-0.39, 0.29) is 13.1 Å². The third kappa shape index (κ3) is 7.19. The summed E-state index contributed by atoms with van der Waals surface area (Å²) < 4.78 is 5.68. The van der Waals surface area contributed by atoms with Gasteiger partial charge in [-0.05, 0) is 50.2 Å². The van der Waals surface area contributed by atoms with E-state index < -0.39 is 0 Å². The molecule has 0 bridgehead atoms. The molecule has 0 fully saturated rings. The zero-order valence-electron chi connectivity index (χ0n) is 14.3. The van der Waals surface area contributed by atoms with Gasteiger partial charge in [0.15, 0.2) is 0 Å². The number of rotatable bonds is 4. The molecular weight excluding hydrogens is 411 g/mol. The van der Waals surface area contributed by atoms with Crippen molar-refractivity contribution in [3.05, 3.63) is 83.3 Å². The number of aliphatic imine (C=N–C) groups is 2. The van der Waals surface area contributed by atoms with Crippen LogP contribution in [0.15, 0.2) is 75.1 Å². The minimum atomic E-state index is 0.194. The van der Waals surface area contributed by atoms with Crippen LogP contribution in [0.3, 0.4) is 0 Å². The molecule has 0 spiro atoms. The summed E-state index contributed by atoms with van der Waals surface area (Å²) in [5.74, 6) is 1.41.